The maximum Gasteiger partial charge on any atom is 0.253 e. The number of furan rings is 1. The van der Waals surface area contributed by atoms with E-state index in [0.29, 0.717) is 18.6 Å². The van der Waals surface area contributed by atoms with E-state index in [2.05, 4.69) is 10.3 Å². The third-order valence-corrected chi connectivity index (χ3v) is 3.83. The van der Waals surface area contributed by atoms with Crippen LogP contribution in [-0.4, -0.2) is 23.5 Å². The molecule has 2 aromatic rings. The molecule has 1 N–H and O–H groups in total. The van der Waals surface area contributed by atoms with E-state index < -0.39 is 41.2 Å². The third kappa shape index (κ3) is 2.93. The fourth-order valence-corrected chi connectivity index (χ4v) is 2.74. The third-order valence-electron chi connectivity index (χ3n) is 3.83. The molecular formula is C15H13F4N3O2. The number of nitrogens with zero attached hydrogens (tertiary/aromatic N) is 2. The summed E-state index contributed by atoms with van der Waals surface area (Å²) in [5.41, 5.74) is -0.907. The average molecular weight is 343 g/mol. The van der Waals surface area contributed by atoms with Crippen LogP contribution in [0, 0.1) is 23.5 Å². The summed E-state index contributed by atoms with van der Waals surface area (Å²) < 4.78 is 59.5. The molecule has 1 amide bonds. The fraction of sp³-hybridized carbons (Fsp3) is 0.333. The zero-order valence-corrected chi connectivity index (χ0v) is 12.4. The topological polar surface area (TPSA) is 58.4 Å². The van der Waals surface area contributed by atoms with Crippen molar-refractivity contribution in [3.8, 4) is 0 Å². The first kappa shape index (κ1) is 16.3. The van der Waals surface area contributed by atoms with Gasteiger partial charge in [-0.25, -0.2) is 0 Å². The van der Waals surface area contributed by atoms with Crippen LogP contribution >= 0.6 is 0 Å². The Kier molecular flexibility index (Phi) is 4.41. The van der Waals surface area contributed by atoms with Gasteiger partial charge in [0.15, 0.2) is 0 Å². The number of carbonyl (C=O) groups excluding carboxylic acids is 1. The first-order chi connectivity index (χ1) is 11.5. The zero-order valence-electron chi connectivity index (χ0n) is 12.4. The van der Waals surface area contributed by atoms with E-state index in [4.69, 9.17) is 4.42 Å². The van der Waals surface area contributed by atoms with Gasteiger partial charge in [0.2, 0.25) is 17.5 Å². The lowest BCUT2D eigenvalue weighted by molar-refractivity contribution is -0.122. The second-order valence-electron chi connectivity index (χ2n) is 5.32. The number of pyridine rings is 1. The van der Waals surface area contributed by atoms with Crippen molar-refractivity contribution in [1.29, 1.82) is 0 Å². The van der Waals surface area contributed by atoms with E-state index in [0.717, 1.165) is 4.90 Å². The Morgan fingerprint density at radius 2 is 2.00 bits per heavy atom. The largest absolute Gasteiger partial charge is 0.467 e. The van der Waals surface area contributed by atoms with Crippen LogP contribution in [0.25, 0.3) is 0 Å². The van der Waals surface area contributed by atoms with Crippen molar-refractivity contribution in [2.45, 2.75) is 25.4 Å². The Labute approximate surface area is 134 Å². The lowest BCUT2D eigenvalue weighted by Gasteiger charge is -2.26. The van der Waals surface area contributed by atoms with Crippen LogP contribution in [0.4, 0.5) is 23.2 Å². The van der Waals surface area contributed by atoms with Gasteiger partial charge in [0, 0.05) is 6.54 Å². The SMILES string of the molecule is O=C(NCc1ccco1)[C@H]1CCCN1c1c(F)c(F)nc(F)c1F. The van der Waals surface area contributed by atoms with Crippen molar-refractivity contribution in [3.05, 3.63) is 47.7 Å². The van der Waals surface area contributed by atoms with Crippen LogP contribution in [0.5, 0.6) is 0 Å². The van der Waals surface area contributed by atoms with Crippen LogP contribution in [-0.2, 0) is 11.3 Å². The van der Waals surface area contributed by atoms with Crippen molar-refractivity contribution in [3.63, 3.8) is 0 Å². The van der Waals surface area contributed by atoms with Gasteiger partial charge in [-0.3, -0.25) is 4.79 Å². The summed E-state index contributed by atoms with van der Waals surface area (Å²) >= 11 is 0. The van der Waals surface area contributed by atoms with Gasteiger partial charge in [-0.15, -0.1) is 0 Å². The summed E-state index contributed by atoms with van der Waals surface area (Å²) in [5, 5.41) is 2.57. The predicted molar refractivity (Wildman–Crippen MR) is 75.0 cm³/mol. The molecule has 0 aliphatic carbocycles. The predicted octanol–water partition coefficient (Wildman–Crippen LogP) is 2.52. The molecule has 0 unspecified atom stereocenters. The standard InChI is InChI=1S/C15H13F4N3O2/c16-10-12(11(17)14(19)21-13(10)18)22-5-1-4-9(22)15(23)20-7-8-3-2-6-24-8/h2-3,6,9H,1,4-5,7H2,(H,20,23)/t9-/m1/s1. The van der Waals surface area contributed by atoms with E-state index in [1.165, 1.54) is 6.26 Å². The van der Waals surface area contributed by atoms with Crippen LogP contribution in [0.1, 0.15) is 18.6 Å². The second-order valence-corrected chi connectivity index (χ2v) is 5.32. The molecule has 5 nitrogen and oxygen atoms in total. The van der Waals surface area contributed by atoms with Crippen molar-refractivity contribution < 1.29 is 26.8 Å². The number of rotatable bonds is 4. The number of anilines is 1. The average Bonchev–Trinajstić information content (AvgIpc) is 3.23. The summed E-state index contributed by atoms with van der Waals surface area (Å²) in [6, 6.07) is 2.36. The van der Waals surface area contributed by atoms with Gasteiger partial charge >= 0.3 is 0 Å². The van der Waals surface area contributed by atoms with E-state index in [9.17, 15) is 22.4 Å². The Morgan fingerprint density at radius 3 is 2.62 bits per heavy atom. The summed E-state index contributed by atoms with van der Waals surface area (Å²) in [4.78, 5) is 15.8. The van der Waals surface area contributed by atoms with E-state index >= 15 is 0 Å². The highest BCUT2D eigenvalue weighted by molar-refractivity contribution is 5.85. The van der Waals surface area contributed by atoms with Gasteiger partial charge < -0.3 is 14.6 Å². The zero-order chi connectivity index (χ0) is 17.3. The molecule has 1 aliphatic heterocycles. The number of aromatic nitrogens is 1. The van der Waals surface area contributed by atoms with Crippen LogP contribution < -0.4 is 10.2 Å². The van der Waals surface area contributed by atoms with Gasteiger partial charge in [-0.1, -0.05) is 0 Å². The Bertz CT molecular complexity index is 725. The number of nitrogens with one attached hydrogen (secondary N) is 1. The van der Waals surface area contributed by atoms with E-state index in [1.54, 1.807) is 12.1 Å². The summed E-state index contributed by atoms with van der Waals surface area (Å²) in [7, 11) is 0. The summed E-state index contributed by atoms with van der Waals surface area (Å²) in [5.74, 6) is -6.72. The normalized spacial score (nSPS) is 17.3. The Hall–Kier alpha value is -2.58. The minimum atomic E-state index is -1.74. The Morgan fingerprint density at radius 1 is 1.29 bits per heavy atom. The summed E-state index contributed by atoms with van der Waals surface area (Å²) in [6.07, 6.45) is 2.19. The molecule has 0 bridgehead atoms. The van der Waals surface area contributed by atoms with E-state index in [-0.39, 0.29) is 13.1 Å². The molecule has 0 saturated carbocycles. The molecule has 3 rings (SSSR count). The van der Waals surface area contributed by atoms with Crippen LogP contribution in [0.3, 0.4) is 0 Å². The number of hydrogen-bond donors (Lipinski definition) is 1. The molecule has 1 saturated heterocycles. The Balaban J connectivity index is 1.82. The highest BCUT2D eigenvalue weighted by atomic mass is 19.2. The molecule has 0 spiro atoms. The highest BCUT2D eigenvalue weighted by Gasteiger charge is 2.36. The van der Waals surface area contributed by atoms with Gasteiger partial charge in [0.1, 0.15) is 17.5 Å². The lowest BCUT2D eigenvalue weighted by Crippen LogP contribution is -2.44. The fourth-order valence-electron chi connectivity index (χ4n) is 2.74. The van der Waals surface area contributed by atoms with Crippen molar-refractivity contribution in [2.24, 2.45) is 0 Å². The molecule has 2 aromatic heterocycles. The second kappa shape index (κ2) is 6.50. The van der Waals surface area contributed by atoms with Crippen molar-refractivity contribution in [2.75, 3.05) is 11.4 Å². The molecule has 128 valence electrons. The maximum absolute atomic E-state index is 13.9. The molecule has 1 atom stereocenters. The molecule has 0 aromatic carbocycles. The number of halogens is 4. The van der Waals surface area contributed by atoms with Gasteiger partial charge in [-0.2, -0.15) is 22.5 Å². The highest BCUT2D eigenvalue weighted by Crippen LogP contribution is 2.32. The van der Waals surface area contributed by atoms with Crippen molar-refractivity contribution in [1.82, 2.24) is 10.3 Å². The van der Waals surface area contributed by atoms with E-state index in [1.807, 2.05) is 0 Å². The first-order valence-corrected chi connectivity index (χ1v) is 7.25. The van der Waals surface area contributed by atoms with Gasteiger partial charge in [-0.05, 0) is 25.0 Å². The lowest BCUT2D eigenvalue weighted by atomic mass is 10.2. The molecular weight excluding hydrogens is 330 g/mol. The minimum absolute atomic E-state index is 0.0928. The molecule has 1 aliphatic rings. The molecule has 9 heteroatoms. The molecule has 3 heterocycles. The first-order valence-electron chi connectivity index (χ1n) is 7.25. The number of carbonyl (C=O) groups is 1. The number of hydrogen-bond acceptors (Lipinski definition) is 4. The van der Waals surface area contributed by atoms with Gasteiger partial charge in [0.05, 0.1) is 12.8 Å². The number of amides is 1. The van der Waals surface area contributed by atoms with Crippen LogP contribution in [0.2, 0.25) is 0 Å². The van der Waals surface area contributed by atoms with Gasteiger partial charge in [0.25, 0.3) is 11.9 Å². The monoisotopic (exact) mass is 343 g/mol. The maximum atomic E-state index is 13.9. The molecule has 1 fully saturated rings. The summed E-state index contributed by atoms with van der Waals surface area (Å²) in [6.45, 7) is 0.190. The molecule has 0 radical (unpaired) electrons. The smallest absolute Gasteiger partial charge is 0.253 e. The van der Waals surface area contributed by atoms with Crippen molar-refractivity contribution >= 4 is 11.6 Å². The minimum Gasteiger partial charge on any atom is -0.467 e. The van der Waals surface area contributed by atoms with Crippen LogP contribution in [0.15, 0.2) is 22.8 Å². The quantitative estimate of drug-likeness (QED) is 0.685. The molecule has 24 heavy (non-hydrogen) atoms.